The Labute approximate surface area is 179 Å². The molecular formula is C24H24N4O3. The van der Waals surface area contributed by atoms with Crippen LogP contribution < -0.4 is 5.69 Å². The van der Waals surface area contributed by atoms with E-state index in [4.69, 9.17) is 0 Å². The Bertz CT molecular complexity index is 1400. The second-order valence-electron chi connectivity index (χ2n) is 7.90. The fourth-order valence-corrected chi connectivity index (χ4v) is 4.49. The van der Waals surface area contributed by atoms with Crippen molar-refractivity contribution in [3.05, 3.63) is 69.8 Å². The number of carbonyl (C=O) groups is 1. The number of hydrogen-bond donors (Lipinski definition) is 2. The molecule has 7 nitrogen and oxygen atoms in total. The summed E-state index contributed by atoms with van der Waals surface area (Å²) in [6.07, 6.45) is 2.85. The van der Waals surface area contributed by atoms with Gasteiger partial charge in [-0.2, -0.15) is 5.26 Å². The van der Waals surface area contributed by atoms with Gasteiger partial charge in [0.1, 0.15) is 6.04 Å². The number of hydrogen-bond acceptors (Lipinski definition) is 3. The van der Waals surface area contributed by atoms with E-state index in [2.05, 4.69) is 11.1 Å². The van der Waals surface area contributed by atoms with Gasteiger partial charge in [-0.25, -0.2) is 9.59 Å². The highest BCUT2D eigenvalue weighted by Crippen LogP contribution is 2.32. The van der Waals surface area contributed by atoms with Crippen LogP contribution in [-0.2, 0) is 4.79 Å². The predicted octanol–water partition coefficient (Wildman–Crippen LogP) is 4.50. The average molecular weight is 416 g/mol. The highest BCUT2D eigenvalue weighted by atomic mass is 16.4. The van der Waals surface area contributed by atoms with Gasteiger partial charge in [-0.05, 0) is 50.1 Å². The van der Waals surface area contributed by atoms with E-state index in [0.717, 1.165) is 22.0 Å². The van der Waals surface area contributed by atoms with Gasteiger partial charge >= 0.3 is 11.7 Å². The standard InChI is InChI=1S/C24H24N4O3/c1-4-6-20(23(29)30)28-21-11-16(12-25)9-10-19(21)27(24(28)31)15(3)17-13-26-18-8-5-7-14(2)22(17)18/h5,7-11,13,15,20,26H,4,6H2,1-3H3,(H,29,30)/t15?,20-/m0/s1. The number of carboxylic acids is 1. The minimum atomic E-state index is -1.05. The highest BCUT2D eigenvalue weighted by Gasteiger charge is 2.28. The van der Waals surface area contributed by atoms with Crippen molar-refractivity contribution in [1.29, 1.82) is 5.26 Å². The molecule has 0 fully saturated rings. The summed E-state index contributed by atoms with van der Waals surface area (Å²) in [7, 11) is 0. The van der Waals surface area contributed by atoms with Crippen molar-refractivity contribution in [3.8, 4) is 6.07 Å². The van der Waals surface area contributed by atoms with Crippen LogP contribution in [0.2, 0.25) is 0 Å². The summed E-state index contributed by atoms with van der Waals surface area (Å²) in [5.74, 6) is -1.05. The average Bonchev–Trinajstić information content (AvgIpc) is 3.30. The van der Waals surface area contributed by atoms with E-state index in [-0.39, 0.29) is 11.7 Å². The highest BCUT2D eigenvalue weighted by molar-refractivity contribution is 5.87. The zero-order valence-corrected chi connectivity index (χ0v) is 17.7. The summed E-state index contributed by atoms with van der Waals surface area (Å²) in [5, 5.41) is 20.3. The van der Waals surface area contributed by atoms with Crippen LogP contribution in [-0.4, -0.2) is 25.2 Å². The second kappa shape index (κ2) is 7.80. The first kappa shape index (κ1) is 20.5. The molecule has 4 aromatic rings. The van der Waals surface area contributed by atoms with Crippen molar-refractivity contribution < 1.29 is 9.90 Å². The van der Waals surface area contributed by atoms with Crippen LogP contribution in [0.15, 0.2) is 47.4 Å². The molecule has 0 aliphatic carbocycles. The molecule has 158 valence electrons. The lowest BCUT2D eigenvalue weighted by Crippen LogP contribution is -2.32. The number of H-pyrrole nitrogens is 1. The third-order valence-corrected chi connectivity index (χ3v) is 5.98. The number of carboxylic acid groups (broad SMARTS) is 1. The van der Waals surface area contributed by atoms with Crippen molar-refractivity contribution in [2.24, 2.45) is 0 Å². The molecule has 2 aromatic heterocycles. The molecule has 2 N–H and O–H groups in total. The summed E-state index contributed by atoms with van der Waals surface area (Å²) in [5.41, 5.74) is 4.12. The van der Waals surface area contributed by atoms with E-state index in [1.807, 2.05) is 45.2 Å². The molecule has 2 aromatic carbocycles. The number of aliphatic carboxylic acids is 1. The van der Waals surface area contributed by atoms with E-state index in [9.17, 15) is 20.0 Å². The number of rotatable bonds is 6. The zero-order valence-electron chi connectivity index (χ0n) is 17.7. The molecule has 0 aliphatic heterocycles. The first-order chi connectivity index (χ1) is 14.9. The quantitative estimate of drug-likeness (QED) is 0.483. The molecule has 1 unspecified atom stereocenters. The third kappa shape index (κ3) is 3.21. The van der Waals surface area contributed by atoms with E-state index >= 15 is 0 Å². The van der Waals surface area contributed by atoms with Gasteiger partial charge in [-0.15, -0.1) is 0 Å². The SMILES string of the molecule is CCC[C@@H](C(=O)O)n1c(=O)n(C(C)c2c[nH]c3cccc(C)c23)c2ccc(C#N)cc21. The Balaban J connectivity index is 2.02. The number of imidazole rings is 1. The largest absolute Gasteiger partial charge is 0.480 e. The van der Waals surface area contributed by atoms with Crippen LogP contribution in [0.5, 0.6) is 0 Å². The number of nitrogens with zero attached hydrogens (tertiary/aromatic N) is 3. The smallest absolute Gasteiger partial charge is 0.330 e. The summed E-state index contributed by atoms with van der Waals surface area (Å²) in [6.45, 7) is 5.85. The van der Waals surface area contributed by atoms with E-state index in [1.165, 1.54) is 4.57 Å². The fourth-order valence-electron chi connectivity index (χ4n) is 4.49. The Morgan fingerprint density at radius 2 is 2.00 bits per heavy atom. The molecule has 2 heterocycles. The van der Waals surface area contributed by atoms with E-state index in [1.54, 1.807) is 22.8 Å². The normalized spacial score (nSPS) is 13.4. The van der Waals surface area contributed by atoms with Gasteiger partial charge in [0.2, 0.25) is 0 Å². The minimum absolute atomic E-state index is 0.325. The fraction of sp³-hybridized carbons (Fsp3) is 0.292. The molecule has 31 heavy (non-hydrogen) atoms. The van der Waals surface area contributed by atoms with E-state index in [0.29, 0.717) is 29.4 Å². The summed E-state index contributed by atoms with van der Waals surface area (Å²) < 4.78 is 2.97. The number of aromatic amines is 1. The Kier molecular flexibility index (Phi) is 5.15. The van der Waals surface area contributed by atoms with Gasteiger partial charge in [-0.1, -0.05) is 25.5 Å². The van der Waals surface area contributed by atoms with Crippen molar-refractivity contribution in [1.82, 2.24) is 14.1 Å². The Morgan fingerprint density at radius 1 is 1.23 bits per heavy atom. The maximum atomic E-state index is 13.6. The number of nitrogens with one attached hydrogen (secondary N) is 1. The molecule has 4 rings (SSSR count). The van der Waals surface area contributed by atoms with Crippen LogP contribution in [0.25, 0.3) is 21.9 Å². The van der Waals surface area contributed by atoms with Gasteiger partial charge in [0, 0.05) is 22.7 Å². The Hall–Kier alpha value is -3.79. The molecule has 0 aliphatic rings. The lowest BCUT2D eigenvalue weighted by atomic mass is 10.0. The Morgan fingerprint density at radius 3 is 2.68 bits per heavy atom. The van der Waals surface area contributed by atoms with Gasteiger partial charge in [0.05, 0.1) is 28.7 Å². The number of benzene rings is 2. The topological polar surface area (TPSA) is 104 Å². The number of aromatic nitrogens is 3. The molecule has 0 radical (unpaired) electrons. The van der Waals surface area contributed by atoms with Gasteiger partial charge in [-0.3, -0.25) is 9.13 Å². The monoisotopic (exact) mass is 416 g/mol. The number of aryl methyl sites for hydroxylation is 1. The lowest BCUT2D eigenvalue weighted by Gasteiger charge is -2.15. The van der Waals surface area contributed by atoms with Crippen molar-refractivity contribution in [2.45, 2.75) is 45.7 Å². The molecular weight excluding hydrogens is 392 g/mol. The maximum Gasteiger partial charge on any atom is 0.330 e. The van der Waals surface area contributed by atoms with Crippen LogP contribution >= 0.6 is 0 Å². The molecule has 7 heteroatoms. The summed E-state index contributed by atoms with van der Waals surface area (Å²) >= 11 is 0. The van der Waals surface area contributed by atoms with Crippen LogP contribution in [0, 0.1) is 18.3 Å². The van der Waals surface area contributed by atoms with Crippen molar-refractivity contribution in [3.63, 3.8) is 0 Å². The number of nitriles is 1. The second-order valence-corrected chi connectivity index (χ2v) is 7.90. The molecule has 0 saturated carbocycles. The van der Waals surface area contributed by atoms with Crippen LogP contribution in [0.3, 0.4) is 0 Å². The van der Waals surface area contributed by atoms with Crippen molar-refractivity contribution in [2.75, 3.05) is 0 Å². The lowest BCUT2D eigenvalue weighted by molar-refractivity contribution is -0.141. The van der Waals surface area contributed by atoms with E-state index < -0.39 is 12.0 Å². The van der Waals surface area contributed by atoms with Crippen LogP contribution in [0.1, 0.15) is 55.5 Å². The van der Waals surface area contributed by atoms with Crippen molar-refractivity contribution >= 4 is 27.9 Å². The third-order valence-electron chi connectivity index (χ3n) is 5.98. The summed E-state index contributed by atoms with van der Waals surface area (Å²) in [4.78, 5) is 28.9. The minimum Gasteiger partial charge on any atom is -0.480 e. The molecule has 0 saturated heterocycles. The zero-order chi connectivity index (χ0) is 22.3. The molecule has 0 spiro atoms. The predicted molar refractivity (Wildman–Crippen MR) is 119 cm³/mol. The van der Waals surface area contributed by atoms with Gasteiger partial charge in [0.25, 0.3) is 0 Å². The van der Waals surface area contributed by atoms with Gasteiger partial charge in [0.15, 0.2) is 0 Å². The van der Waals surface area contributed by atoms with Gasteiger partial charge < -0.3 is 10.1 Å². The first-order valence-electron chi connectivity index (χ1n) is 10.3. The molecule has 2 atom stereocenters. The molecule has 0 amide bonds. The number of fused-ring (bicyclic) bond motifs is 2. The summed E-state index contributed by atoms with van der Waals surface area (Å²) in [6, 6.07) is 11.7. The van der Waals surface area contributed by atoms with Crippen LogP contribution in [0.4, 0.5) is 0 Å². The first-order valence-corrected chi connectivity index (χ1v) is 10.3. The molecule has 0 bridgehead atoms. The maximum absolute atomic E-state index is 13.6.